The largest absolute Gasteiger partial charge is 0.481 e. The number of amides is 1. The van der Waals surface area contributed by atoms with Crippen LogP contribution < -0.4 is 0 Å². The molecule has 0 aromatic carbocycles. The maximum absolute atomic E-state index is 12.4. The van der Waals surface area contributed by atoms with Gasteiger partial charge in [-0.25, -0.2) is 0 Å². The zero-order valence-corrected chi connectivity index (χ0v) is 11.1. The summed E-state index contributed by atoms with van der Waals surface area (Å²) in [5.41, 5.74) is -0.360. The number of carboxylic acids is 1. The number of carboxylic acid groups (broad SMARTS) is 1. The Morgan fingerprint density at radius 3 is 2.11 bits per heavy atom. The van der Waals surface area contributed by atoms with E-state index in [1.54, 1.807) is 0 Å². The highest BCUT2D eigenvalue weighted by atomic mass is 16.4. The molecular weight excluding hydrogens is 230 g/mol. The first kappa shape index (κ1) is 12.0. The van der Waals surface area contributed by atoms with Gasteiger partial charge in [0.2, 0.25) is 5.91 Å². The van der Waals surface area contributed by atoms with Crippen molar-refractivity contribution in [3.05, 3.63) is 0 Å². The van der Waals surface area contributed by atoms with Crippen molar-refractivity contribution in [1.82, 2.24) is 4.90 Å². The molecule has 3 fully saturated rings. The summed E-state index contributed by atoms with van der Waals surface area (Å²) in [6, 6.07) is 0. The standard InChI is InChI=1S/C14H21NO3/c1-14(2)10(11(14)13(17)18)12(16)15-6-8-4-3-5-9(8)7-15/h8-11H,3-7H2,1-2H3,(H,17,18). The number of rotatable bonds is 2. The summed E-state index contributed by atoms with van der Waals surface area (Å²) in [7, 11) is 0. The van der Waals surface area contributed by atoms with Gasteiger partial charge in [0, 0.05) is 13.1 Å². The maximum atomic E-state index is 12.4. The van der Waals surface area contributed by atoms with E-state index in [-0.39, 0.29) is 17.2 Å². The van der Waals surface area contributed by atoms with Crippen LogP contribution in [0.5, 0.6) is 0 Å². The minimum atomic E-state index is -0.822. The molecule has 4 heteroatoms. The molecule has 100 valence electrons. The average molecular weight is 251 g/mol. The molecular formula is C14H21NO3. The Bertz CT molecular complexity index is 392. The van der Waals surface area contributed by atoms with Gasteiger partial charge in [-0.3, -0.25) is 9.59 Å². The number of aliphatic carboxylic acids is 1. The molecule has 1 saturated heterocycles. The molecule has 18 heavy (non-hydrogen) atoms. The zero-order valence-electron chi connectivity index (χ0n) is 11.1. The maximum Gasteiger partial charge on any atom is 0.307 e. The van der Waals surface area contributed by atoms with Gasteiger partial charge >= 0.3 is 5.97 Å². The van der Waals surface area contributed by atoms with Gasteiger partial charge in [0.15, 0.2) is 0 Å². The summed E-state index contributed by atoms with van der Waals surface area (Å²) >= 11 is 0. The molecule has 4 nitrogen and oxygen atoms in total. The molecule has 0 aromatic heterocycles. The van der Waals surface area contributed by atoms with Gasteiger partial charge in [-0.15, -0.1) is 0 Å². The molecule has 0 radical (unpaired) electrons. The normalized spacial score (nSPS) is 40.7. The first-order valence-electron chi connectivity index (χ1n) is 6.94. The van der Waals surface area contributed by atoms with Crippen LogP contribution in [0.1, 0.15) is 33.1 Å². The van der Waals surface area contributed by atoms with Gasteiger partial charge in [-0.1, -0.05) is 20.3 Å². The van der Waals surface area contributed by atoms with Gasteiger partial charge in [0.25, 0.3) is 0 Å². The molecule has 1 amide bonds. The van der Waals surface area contributed by atoms with E-state index in [0.29, 0.717) is 11.8 Å². The van der Waals surface area contributed by atoms with E-state index in [4.69, 9.17) is 5.11 Å². The van der Waals surface area contributed by atoms with E-state index < -0.39 is 11.9 Å². The van der Waals surface area contributed by atoms with E-state index in [1.807, 2.05) is 18.7 Å². The Morgan fingerprint density at radius 1 is 1.11 bits per heavy atom. The van der Waals surface area contributed by atoms with Gasteiger partial charge in [0.1, 0.15) is 0 Å². The Morgan fingerprint density at radius 2 is 1.67 bits per heavy atom. The van der Waals surface area contributed by atoms with Crippen LogP contribution >= 0.6 is 0 Å². The van der Waals surface area contributed by atoms with Crippen LogP contribution in [0.25, 0.3) is 0 Å². The first-order chi connectivity index (χ1) is 8.43. The van der Waals surface area contributed by atoms with Crippen molar-refractivity contribution in [3.63, 3.8) is 0 Å². The zero-order chi connectivity index (χ0) is 13.1. The number of hydrogen-bond acceptors (Lipinski definition) is 2. The van der Waals surface area contributed by atoms with E-state index in [9.17, 15) is 9.59 Å². The highest BCUT2D eigenvalue weighted by Gasteiger charge is 2.67. The second-order valence-corrected chi connectivity index (χ2v) is 6.81. The quantitative estimate of drug-likeness (QED) is 0.811. The predicted molar refractivity (Wildman–Crippen MR) is 65.8 cm³/mol. The highest BCUT2D eigenvalue weighted by Crippen LogP contribution is 2.59. The summed E-state index contributed by atoms with van der Waals surface area (Å²) in [5.74, 6) is -0.156. The summed E-state index contributed by atoms with van der Waals surface area (Å²) in [6.07, 6.45) is 3.78. The fourth-order valence-electron chi connectivity index (χ4n) is 4.17. The van der Waals surface area contributed by atoms with Gasteiger partial charge in [-0.05, 0) is 30.1 Å². The smallest absolute Gasteiger partial charge is 0.307 e. The van der Waals surface area contributed by atoms with Crippen molar-refractivity contribution in [2.45, 2.75) is 33.1 Å². The third kappa shape index (κ3) is 1.57. The average Bonchev–Trinajstić information content (AvgIpc) is 2.65. The molecule has 4 atom stereocenters. The lowest BCUT2D eigenvalue weighted by Gasteiger charge is -2.18. The SMILES string of the molecule is CC1(C)C(C(=O)O)C1C(=O)N1CC2CCCC2C1. The van der Waals surface area contributed by atoms with Crippen LogP contribution in [0.4, 0.5) is 0 Å². The molecule has 2 saturated carbocycles. The molecule has 4 unspecified atom stereocenters. The van der Waals surface area contributed by atoms with Crippen molar-refractivity contribution in [2.75, 3.05) is 13.1 Å². The Balaban J connectivity index is 1.68. The topological polar surface area (TPSA) is 57.6 Å². The fraction of sp³-hybridized carbons (Fsp3) is 0.857. The number of carbonyl (C=O) groups is 2. The lowest BCUT2D eigenvalue weighted by molar-refractivity contribution is -0.141. The van der Waals surface area contributed by atoms with E-state index in [0.717, 1.165) is 13.1 Å². The van der Waals surface area contributed by atoms with Crippen LogP contribution in [0.3, 0.4) is 0 Å². The summed E-state index contributed by atoms with van der Waals surface area (Å²) in [6.45, 7) is 5.52. The lowest BCUT2D eigenvalue weighted by atomic mass is 10.0. The van der Waals surface area contributed by atoms with Gasteiger partial charge in [-0.2, -0.15) is 0 Å². The van der Waals surface area contributed by atoms with Crippen LogP contribution in [0.2, 0.25) is 0 Å². The molecule has 0 aromatic rings. The number of likely N-dealkylation sites (tertiary alicyclic amines) is 1. The Kier molecular flexibility index (Phi) is 2.48. The Labute approximate surface area is 107 Å². The third-order valence-corrected chi connectivity index (χ3v) is 5.40. The number of fused-ring (bicyclic) bond motifs is 1. The summed E-state index contributed by atoms with van der Waals surface area (Å²) in [4.78, 5) is 25.5. The van der Waals surface area contributed by atoms with E-state index in [1.165, 1.54) is 19.3 Å². The molecule has 3 aliphatic rings. The second kappa shape index (κ2) is 3.72. The molecule has 1 aliphatic heterocycles. The molecule has 3 rings (SSSR count). The number of hydrogen-bond donors (Lipinski definition) is 1. The van der Waals surface area contributed by atoms with Crippen molar-refractivity contribution >= 4 is 11.9 Å². The van der Waals surface area contributed by atoms with E-state index >= 15 is 0 Å². The van der Waals surface area contributed by atoms with Crippen molar-refractivity contribution in [3.8, 4) is 0 Å². The number of carbonyl (C=O) groups excluding carboxylic acids is 1. The lowest BCUT2D eigenvalue weighted by Crippen LogP contribution is -2.32. The van der Waals surface area contributed by atoms with Crippen LogP contribution in [0, 0.1) is 29.1 Å². The molecule has 2 aliphatic carbocycles. The van der Waals surface area contributed by atoms with Gasteiger partial charge < -0.3 is 10.0 Å². The van der Waals surface area contributed by atoms with Crippen LogP contribution in [-0.4, -0.2) is 35.0 Å². The second-order valence-electron chi connectivity index (χ2n) is 6.81. The predicted octanol–water partition coefficient (Wildman–Crippen LogP) is 1.60. The molecule has 0 spiro atoms. The third-order valence-electron chi connectivity index (χ3n) is 5.40. The summed E-state index contributed by atoms with van der Waals surface area (Å²) in [5, 5.41) is 9.14. The van der Waals surface area contributed by atoms with Crippen LogP contribution in [-0.2, 0) is 9.59 Å². The van der Waals surface area contributed by atoms with Crippen LogP contribution in [0.15, 0.2) is 0 Å². The first-order valence-corrected chi connectivity index (χ1v) is 6.94. The highest BCUT2D eigenvalue weighted by molar-refractivity contribution is 5.91. The van der Waals surface area contributed by atoms with Gasteiger partial charge in [0.05, 0.1) is 11.8 Å². The number of nitrogens with zero attached hydrogens (tertiary/aromatic N) is 1. The monoisotopic (exact) mass is 251 g/mol. The molecule has 0 bridgehead atoms. The van der Waals surface area contributed by atoms with E-state index in [2.05, 4.69) is 0 Å². The Hall–Kier alpha value is -1.06. The minimum Gasteiger partial charge on any atom is -0.481 e. The molecule has 1 N–H and O–H groups in total. The fourth-order valence-corrected chi connectivity index (χ4v) is 4.17. The minimum absolute atomic E-state index is 0.0850. The summed E-state index contributed by atoms with van der Waals surface area (Å²) < 4.78 is 0. The molecule has 1 heterocycles. The van der Waals surface area contributed by atoms with Crippen molar-refractivity contribution in [1.29, 1.82) is 0 Å². The van der Waals surface area contributed by atoms with Crippen molar-refractivity contribution < 1.29 is 14.7 Å². The van der Waals surface area contributed by atoms with Crippen molar-refractivity contribution in [2.24, 2.45) is 29.1 Å².